The van der Waals surface area contributed by atoms with Crippen LogP contribution in [0.1, 0.15) is 12.8 Å². The SMILES string of the molecule is COc1cccc2sc(=NC(=O)C3CCCN3S(C)(=O)=O)n(C)c12. The molecule has 0 radical (unpaired) electrons. The molecule has 1 saturated heterocycles. The number of sulfonamides is 1. The predicted molar refractivity (Wildman–Crippen MR) is 92.5 cm³/mol. The molecule has 24 heavy (non-hydrogen) atoms. The Labute approximate surface area is 144 Å². The molecule has 0 bridgehead atoms. The van der Waals surface area contributed by atoms with Crippen molar-refractivity contribution in [3.63, 3.8) is 0 Å². The Morgan fingerprint density at radius 3 is 2.83 bits per heavy atom. The van der Waals surface area contributed by atoms with Crippen LogP contribution in [-0.2, 0) is 21.9 Å². The molecule has 1 fully saturated rings. The van der Waals surface area contributed by atoms with Crippen LogP contribution in [-0.4, -0.2) is 49.1 Å². The van der Waals surface area contributed by atoms with Crippen molar-refractivity contribution >= 4 is 37.5 Å². The van der Waals surface area contributed by atoms with E-state index in [4.69, 9.17) is 4.74 Å². The smallest absolute Gasteiger partial charge is 0.266 e. The summed E-state index contributed by atoms with van der Waals surface area (Å²) in [6.07, 6.45) is 2.31. The lowest BCUT2D eigenvalue weighted by atomic mass is 10.2. The molecule has 2 heterocycles. The molecule has 0 spiro atoms. The molecule has 130 valence electrons. The largest absolute Gasteiger partial charge is 0.495 e. The first kappa shape index (κ1) is 17.1. The first-order chi connectivity index (χ1) is 11.3. The number of carbonyl (C=O) groups excluding carboxylic acids is 1. The molecule has 3 rings (SSSR count). The van der Waals surface area contributed by atoms with Crippen molar-refractivity contribution in [2.75, 3.05) is 19.9 Å². The number of benzene rings is 1. The van der Waals surface area contributed by atoms with E-state index in [2.05, 4.69) is 4.99 Å². The molecule has 1 amide bonds. The number of methoxy groups -OCH3 is 1. The van der Waals surface area contributed by atoms with Crippen molar-refractivity contribution in [3.05, 3.63) is 23.0 Å². The number of rotatable bonds is 3. The van der Waals surface area contributed by atoms with Crippen molar-refractivity contribution in [3.8, 4) is 5.75 Å². The topological polar surface area (TPSA) is 81.0 Å². The van der Waals surface area contributed by atoms with E-state index in [0.717, 1.165) is 16.5 Å². The molecule has 1 unspecified atom stereocenters. The Bertz CT molecular complexity index is 959. The molecular weight excluding hydrogens is 350 g/mol. The maximum absolute atomic E-state index is 12.5. The lowest BCUT2D eigenvalue weighted by molar-refractivity contribution is -0.121. The molecule has 7 nitrogen and oxygen atoms in total. The molecule has 1 aromatic heterocycles. The Hall–Kier alpha value is -1.71. The van der Waals surface area contributed by atoms with Crippen LogP contribution in [0.25, 0.3) is 10.2 Å². The minimum atomic E-state index is -3.41. The second-order valence-electron chi connectivity index (χ2n) is 5.73. The Morgan fingerprint density at radius 1 is 1.42 bits per heavy atom. The zero-order chi connectivity index (χ0) is 17.5. The molecule has 1 atom stereocenters. The van der Waals surface area contributed by atoms with Crippen molar-refractivity contribution in [1.82, 2.24) is 8.87 Å². The third-order valence-electron chi connectivity index (χ3n) is 4.13. The zero-order valence-corrected chi connectivity index (χ0v) is 15.4. The maximum atomic E-state index is 12.5. The van der Waals surface area contributed by atoms with Crippen LogP contribution in [0.5, 0.6) is 5.75 Å². The highest BCUT2D eigenvalue weighted by Crippen LogP contribution is 2.26. The van der Waals surface area contributed by atoms with Crippen LogP contribution >= 0.6 is 11.3 Å². The fraction of sp³-hybridized carbons (Fsp3) is 0.467. The van der Waals surface area contributed by atoms with Gasteiger partial charge in [-0.3, -0.25) is 4.79 Å². The van der Waals surface area contributed by atoms with Crippen LogP contribution in [0.3, 0.4) is 0 Å². The Kier molecular flexibility index (Phi) is 4.50. The Balaban J connectivity index is 2.04. The van der Waals surface area contributed by atoms with E-state index in [1.54, 1.807) is 11.7 Å². The molecule has 2 aromatic rings. The lowest BCUT2D eigenvalue weighted by Gasteiger charge is -2.18. The summed E-state index contributed by atoms with van der Waals surface area (Å²) in [5, 5.41) is 0. The van der Waals surface area contributed by atoms with Crippen LogP contribution in [0, 0.1) is 0 Å². The normalized spacial score (nSPS) is 20.0. The monoisotopic (exact) mass is 369 g/mol. The number of para-hydroxylation sites is 1. The van der Waals surface area contributed by atoms with Gasteiger partial charge in [0.05, 0.1) is 18.1 Å². The van der Waals surface area contributed by atoms with Gasteiger partial charge >= 0.3 is 0 Å². The summed E-state index contributed by atoms with van der Waals surface area (Å²) >= 11 is 1.38. The minimum Gasteiger partial charge on any atom is -0.495 e. The first-order valence-electron chi connectivity index (χ1n) is 7.51. The molecule has 0 saturated carbocycles. The molecule has 1 aliphatic heterocycles. The average Bonchev–Trinajstić information content (AvgIpc) is 3.13. The Morgan fingerprint density at radius 2 is 2.17 bits per heavy atom. The number of amides is 1. The standard InChI is InChI=1S/C15H19N3O4S2/c1-17-13-11(22-2)7-4-8-12(13)23-15(17)16-14(19)10-6-5-9-18(10)24(3,20)21/h4,7-8,10H,5-6,9H2,1-3H3. The third-order valence-corrected chi connectivity index (χ3v) is 6.51. The summed E-state index contributed by atoms with van der Waals surface area (Å²) in [5.74, 6) is 0.290. The quantitative estimate of drug-likeness (QED) is 0.811. The van der Waals surface area contributed by atoms with Gasteiger partial charge in [0.15, 0.2) is 4.80 Å². The number of aromatic nitrogens is 1. The fourth-order valence-electron chi connectivity index (χ4n) is 2.99. The van der Waals surface area contributed by atoms with E-state index in [1.165, 1.54) is 15.6 Å². The van der Waals surface area contributed by atoms with E-state index < -0.39 is 22.0 Å². The van der Waals surface area contributed by atoms with Gasteiger partial charge in [0.1, 0.15) is 17.3 Å². The minimum absolute atomic E-state index is 0.372. The van der Waals surface area contributed by atoms with Crippen LogP contribution < -0.4 is 9.54 Å². The number of thiazole rings is 1. The van der Waals surface area contributed by atoms with E-state index in [1.807, 2.05) is 25.2 Å². The summed E-state index contributed by atoms with van der Waals surface area (Å²) in [5.41, 5.74) is 0.864. The summed E-state index contributed by atoms with van der Waals surface area (Å²) < 4.78 is 33.0. The number of ether oxygens (including phenoxy) is 1. The van der Waals surface area contributed by atoms with Crippen LogP contribution in [0.4, 0.5) is 0 Å². The van der Waals surface area contributed by atoms with Gasteiger partial charge < -0.3 is 9.30 Å². The average molecular weight is 369 g/mol. The third kappa shape index (κ3) is 2.99. The van der Waals surface area contributed by atoms with Gasteiger partial charge in [0, 0.05) is 13.6 Å². The number of fused-ring (bicyclic) bond motifs is 1. The predicted octanol–water partition coefficient (Wildman–Crippen LogP) is 1.10. The van der Waals surface area contributed by atoms with Gasteiger partial charge in [-0.25, -0.2) is 8.42 Å². The van der Waals surface area contributed by atoms with Crippen molar-refractivity contribution in [1.29, 1.82) is 0 Å². The summed E-state index contributed by atoms with van der Waals surface area (Å²) in [7, 11) is 0.00475. The van der Waals surface area contributed by atoms with E-state index in [-0.39, 0.29) is 0 Å². The number of hydrogen-bond donors (Lipinski definition) is 0. The van der Waals surface area contributed by atoms with Crippen molar-refractivity contribution in [2.24, 2.45) is 12.0 Å². The first-order valence-corrected chi connectivity index (χ1v) is 10.2. The molecule has 9 heteroatoms. The summed E-state index contributed by atoms with van der Waals surface area (Å²) in [6.45, 7) is 0.372. The second kappa shape index (κ2) is 6.30. The van der Waals surface area contributed by atoms with E-state index >= 15 is 0 Å². The molecule has 1 aromatic carbocycles. The van der Waals surface area contributed by atoms with E-state index in [0.29, 0.717) is 29.9 Å². The second-order valence-corrected chi connectivity index (χ2v) is 8.68. The summed E-state index contributed by atoms with van der Waals surface area (Å²) in [4.78, 5) is 17.3. The number of carbonyl (C=O) groups is 1. The van der Waals surface area contributed by atoms with Gasteiger partial charge in [-0.2, -0.15) is 9.30 Å². The lowest BCUT2D eigenvalue weighted by Crippen LogP contribution is -2.39. The highest BCUT2D eigenvalue weighted by molar-refractivity contribution is 7.88. The van der Waals surface area contributed by atoms with Gasteiger partial charge in [0.25, 0.3) is 5.91 Å². The molecule has 1 aliphatic rings. The van der Waals surface area contributed by atoms with Crippen LogP contribution in [0.2, 0.25) is 0 Å². The van der Waals surface area contributed by atoms with Gasteiger partial charge in [-0.15, -0.1) is 0 Å². The number of aryl methyl sites for hydroxylation is 1. The van der Waals surface area contributed by atoms with Crippen LogP contribution in [0.15, 0.2) is 23.2 Å². The molecule has 0 N–H and O–H groups in total. The summed E-state index contributed by atoms with van der Waals surface area (Å²) in [6, 6.07) is 4.96. The van der Waals surface area contributed by atoms with Gasteiger partial charge in [0.2, 0.25) is 10.0 Å². The van der Waals surface area contributed by atoms with Gasteiger partial charge in [-0.1, -0.05) is 17.4 Å². The zero-order valence-electron chi connectivity index (χ0n) is 13.7. The molecule has 0 aliphatic carbocycles. The van der Waals surface area contributed by atoms with Crippen molar-refractivity contribution < 1.29 is 17.9 Å². The number of hydrogen-bond acceptors (Lipinski definition) is 5. The van der Waals surface area contributed by atoms with Crippen molar-refractivity contribution in [2.45, 2.75) is 18.9 Å². The van der Waals surface area contributed by atoms with Gasteiger partial charge in [-0.05, 0) is 25.0 Å². The highest BCUT2D eigenvalue weighted by Gasteiger charge is 2.36. The highest BCUT2D eigenvalue weighted by atomic mass is 32.2. The number of nitrogens with zero attached hydrogens (tertiary/aromatic N) is 3. The molecular formula is C15H19N3O4S2. The van der Waals surface area contributed by atoms with E-state index in [9.17, 15) is 13.2 Å². The maximum Gasteiger partial charge on any atom is 0.266 e. The fourth-order valence-corrected chi connectivity index (χ4v) is 5.15.